The predicted molar refractivity (Wildman–Crippen MR) is 64.9 cm³/mol. The average Bonchev–Trinajstić information content (AvgIpc) is 3.03. The standard InChI is InChI=1S/C12H15BrFNO/c1-7(15-6-8-2-3-8)9-4-10(13)11(14)5-12(9)16/h4-5,7-8,15-16H,2-3,6H2,1H3. The maximum atomic E-state index is 13.1. The van der Waals surface area contributed by atoms with Gasteiger partial charge in [-0.3, -0.25) is 0 Å². The molecule has 0 amide bonds. The monoisotopic (exact) mass is 287 g/mol. The van der Waals surface area contributed by atoms with Crippen molar-refractivity contribution in [2.75, 3.05) is 6.54 Å². The van der Waals surface area contributed by atoms with E-state index in [9.17, 15) is 9.50 Å². The molecule has 1 atom stereocenters. The molecule has 1 aromatic rings. The largest absolute Gasteiger partial charge is 0.508 e. The summed E-state index contributed by atoms with van der Waals surface area (Å²) in [5.74, 6) is 0.362. The van der Waals surface area contributed by atoms with Gasteiger partial charge in [-0.05, 0) is 54.2 Å². The number of nitrogens with one attached hydrogen (secondary N) is 1. The second kappa shape index (κ2) is 4.72. The molecule has 0 aromatic heterocycles. The summed E-state index contributed by atoms with van der Waals surface area (Å²) in [6.07, 6.45) is 2.58. The maximum Gasteiger partial charge on any atom is 0.141 e. The fourth-order valence-corrected chi connectivity index (χ4v) is 2.04. The highest BCUT2D eigenvalue weighted by Crippen LogP contribution is 2.32. The minimum Gasteiger partial charge on any atom is -0.508 e. The molecular weight excluding hydrogens is 273 g/mol. The van der Waals surface area contributed by atoms with Crippen molar-refractivity contribution < 1.29 is 9.50 Å². The Balaban J connectivity index is 2.08. The van der Waals surface area contributed by atoms with Crippen LogP contribution in [0.25, 0.3) is 0 Å². The van der Waals surface area contributed by atoms with Gasteiger partial charge in [0.2, 0.25) is 0 Å². The Morgan fingerprint density at radius 3 is 2.88 bits per heavy atom. The SMILES string of the molecule is CC(NCC1CC1)c1cc(Br)c(F)cc1O. The Labute approximate surface area is 103 Å². The van der Waals surface area contributed by atoms with Crippen LogP contribution in [0.5, 0.6) is 5.75 Å². The Hall–Kier alpha value is -0.610. The van der Waals surface area contributed by atoms with Gasteiger partial charge < -0.3 is 10.4 Å². The molecule has 1 unspecified atom stereocenters. The lowest BCUT2D eigenvalue weighted by molar-refractivity contribution is 0.444. The van der Waals surface area contributed by atoms with Gasteiger partial charge in [0.25, 0.3) is 0 Å². The van der Waals surface area contributed by atoms with Crippen LogP contribution in [0.4, 0.5) is 4.39 Å². The predicted octanol–water partition coefficient (Wildman–Crippen LogP) is 3.35. The van der Waals surface area contributed by atoms with Crippen molar-refractivity contribution in [1.29, 1.82) is 0 Å². The molecule has 88 valence electrons. The molecule has 1 aliphatic rings. The molecule has 1 fully saturated rings. The quantitative estimate of drug-likeness (QED) is 0.890. The molecule has 0 aliphatic heterocycles. The zero-order valence-corrected chi connectivity index (χ0v) is 10.7. The first kappa shape index (κ1) is 11.9. The molecule has 1 aromatic carbocycles. The second-order valence-corrected chi connectivity index (χ2v) is 5.25. The summed E-state index contributed by atoms with van der Waals surface area (Å²) in [6, 6.07) is 2.82. The lowest BCUT2D eigenvalue weighted by Crippen LogP contribution is -2.21. The van der Waals surface area contributed by atoms with Crippen molar-refractivity contribution in [3.05, 3.63) is 28.0 Å². The third-order valence-electron chi connectivity index (χ3n) is 2.95. The summed E-state index contributed by atoms with van der Waals surface area (Å²) in [4.78, 5) is 0. The Kier molecular flexibility index (Phi) is 3.50. The smallest absolute Gasteiger partial charge is 0.141 e. The van der Waals surface area contributed by atoms with E-state index in [4.69, 9.17) is 0 Å². The van der Waals surface area contributed by atoms with Crippen molar-refractivity contribution in [3.63, 3.8) is 0 Å². The zero-order chi connectivity index (χ0) is 11.7. The van der Waals surface area contributed by atoms with Crippen LogP contribution < -0.4 is 5.32 Å². The van der Waals surface area contributed by atoms with E-state index in [0.717, 1.165) is 24.1 Å². The number of hydrogen-bond donors (Lipinski definition) is 2. The molecule has 1 aliphatic carbocycles. The van der Waals surface area contributed by atoms with E-state index in [1.54, 1.807) is 6.07 Å². The molecule has 2 rings (SSSR count). The van der Waals surface area contributed by atoms with Gasteiger partial charge in [-0.2, -0.15) is 0 Å². The fraction of sp³-hybridized carbons (Fsp3) is 0.500. The van der Waals surface area contributed by atoms with Gasteiger partial charge in [0.05, 0.1) is 4.47 Å². The highest BCUT2D eigenvalue weighted by atomic mass is 79.9. The highest BCUT2D eigenvalue weighted by Gasteiger charge is 2.22. The van der Waals surface area contributed by atoms with Crippen LogP contribution in [-0.4, -0.2) is 11.7 Å². The fourth-order valence-electron chi connectivity index (χ4n) is 1.67. The topological polar surface area (TPSA) is 32.3 Å². The summed E-state index contributed by atoms with van der Waals surface area (Å²) in [7, 11) is 0. The van der Waals surface area contributed by atoms with Crippen LogP contribution in [0.15, 0.2) is 16.6 Å². The van der Waals surface area contributed by atoms with Crippen LogP contribution in [0.2, 0.25) is 0 Å². The van der Waals surface area contributed by atoms with E-state index in [1.165, 1.54) is 12.8 Å². The van der Waals surface area contributed by atoms with Crippen molar-refractivity contribution in [3.8, 4) is 5.75 Å². The summed E-state index contributed by atoms with van der Waals surface area (Å²) < 4.78 is 13.5. The van der Waals surface area contributed by atoms with Gasteiger partial charge >= 0.3 is 0 Å². The second-order valence-electron chi connectivity index (χ2n) is 4.40. The molecule has 2 N–H and O–H groups in total. The molecule has 0 saturated heterocycles. The van der Waals surface area contributed by atoms with Gasteiger partial charge in [-0.1, -0.05) is 0 Å². The summed E-state index contributed by atoms with van der Waals surface area (Å²) >= 11 is 3.13. The van der Waals surface area contributed by atoms with Gasteiger partial charge in [0, 0.05) is 17.7 Å². The molecule has 2 nitrogen and oxygen atoms in total. The first-order valence-corrected chi connectivity index (χ1v) is 6.28. The van der Waals surface area contributed by atoms with E-state index in [0.29, 0.717) is 4.47 Å². The van der Waals surface area contributed by atoms with Gasteiger partial charge in [-0.15, -0.1) is 0 Å². The minimum absolute atomic E-state index is 0.0106. The molecule has 0 radical (unpaired) electrons. The molecule has 0 heterocycles. The van der Waals surface area contributed by atoms with Gasteiger partial charge in [0.1, 0.15) is 11.6 Å². The summed E-state index contributed by atoms with van der Waals surface area (Å²) in [6.45, 7) is 2.94. The average molecular weight is 288 g/mol. The van der Waals surface area contributed by atoms with Crippen molar-refractivity contribution in [1.82, 2.24) is 5.32 Å². The van der Waals surface area contributed by atoms with Gasteiger partial charge in [0.15, 0.2) is 0 Å². The van der Waals surface area contributed by atoms with E-state index in [-0.39, 0.29) is 11.8 Å². The number of phenolic OH excluding ortho intramolecular Hbond substituents is 1. The van der Waals surface area contributed by atoms with Crippen molar-refractivity contribution in [2.45, 2.75) is 25.8 Å². The van der Waals surface area contributed by atoms with Crippen molar-refractivity contribution in [2.24, 2.45) is 5.92 Å². The van der Waals surface area contributed by atoms with Crippen molar-refractivity contribution >= 4 is 15.9 Å². The van der Waals surface area contributed by atoms with E-state index < -0.39 is 5.82 Å². The van der Waals surface area contributed by atoms with Gasteiger partial charge in [-0.25, -0.2) is 4.39 Å². The lowest BCUT2D eigenvalue weighted by atomic mass is 10.1. The molecule has 1 saturated carbocycles. The van der Waals surface area contributed by atoms with E-state index in [2.05, 4.69) is 21.2 Å². The Morgan fingerprint density at radius 2 is 2.25 bits per heavy atom. The summed E-state index contributed by atoms with van der Waals surface area (Å²) in [5, 5.41) is 13.0. The minimum atomic E-state index is -0.435. The molecule has 16 heavy (non-hydrogen) atoms. The third kappa shape index (κ3) is 2.74. The molecule has 0 spiro atoms. The van der Waals surface area contributed by atoms with Crippen LogP contribution in [0, 0.1) is 11.7 Å². The number of aromatic hydroxyl groups is 1. The summed E-state index contributed by atoms with van der Waals surface area (Å²) in [5.41, 5.74) is 0.730. The van der Waals surface area contributed by atoms with Crippen LogP contribution in [-0.2, 0) is 0 Å². The molecular formula is C12H15BrFNO. The van der Waals surface area contributed by atoms with E-state index in [1.807, 2.05) is 6.92 Å². The number of halogens is 2. The first-order chi connectivity index (χ1) is 7.58. The number of benzene rings is 1. The lowest BCUT2D eigenvalue weighted by Gasteiger charge is -2.16. The van der Waals surface area contributed by atoms with Crippen LogP contribution >= 0.6 is 15.9 Å². The van der Waals surface area contributed by atoms with Crippen LogP contribution in [0.3, 0.4) is 0 Å². The van der Waals surface area contributed by atoms with Crippen LogP contribution in [0.1, 0.15) is 31.4 Å². The zero-order valence-electron chi connectivity index (χ0n) is 9.13. The molecule has 0 bridgehead atoms. The first-order valence-electron chi connectivity index (χ1n) is 5.49. The highest BCUT2D eigenvalue weighted by molar-refractivity contribution is 9.10. The number of phenols is 1. The Morgan fingerprint density at radius 1 is 1.56 bits per heavy atom. The number of hydrogen-bond acceptors (Lipinski definition) is 2. The third-order valence-corrected chi connectivity index (χ3v) is 3.55. The van der Waals surface area contributed by atoms with E-state index >= 15 is 0 Å². The maximum absolute atomic E-state index is 13.1. The normalized spacial score (nSPS) is 17.4. The number of rotatable bonds is 4. The molecule has 4 heteroatoms. The Bertz CT molecular complexity index is 393.